The summed E-state index contributed by atoms with van der Waals surface area (Å²) in [6.45, 7) is 2.30. The molecule has 0 aromatic heterocycles. The lowest BCUT2D eigenvalue weighted by Gasteiger charge is -2.24. The molecule has 0 aliphatic heterocycles. The summed E-state index contributed by atoms with van der Waals surface area (Å²) in [5.41, 5.74) is 0. The SMILES string of the molecule is C[C@H]1CC[C@H](CC(=O)Br)CC1. The standard InChI is InChI=1S/C9H15BrO/c1-7-2-4-8(5-3-7)6-9(10)11/h7-8H,2-6H2,1H3/t7-,8-. The normalized spacial score (nSPS) is 31.8. The van der Waals surface area contributed by atoms with Crippen molar-refractivity contribution in [1.29, 1.82) is 0 Å². The van der Waals surface area contributed by atoms with E-state index in [0.29, 0.717) is 5.92 Å². The van der Waals surface area contributed by atoms with Crippen LogP contribution in [0.1, 0.15) is 39.0 Å². The second kappa shape index (κ2) is 4.24. The lowest BCUT2D eigenvalue weighted by atomic mass is 9.82. The number of rotatable bonds is 2. The maximum atomic E-state index is 10.7. The minimum absolute atomic E-state index is 0.178. The van der Waals surface area contributed by atoms with E-state index < -0.39 is 0 Å². The van der Waals surface area contributed by atoms with Crippen molar-refractivity contribution in [2.45, 2.75) is 39.0 Å². The van der Waals surface area contributed by atoms with Crippen molar-refractivity contribution in [2.75, 3.05) is 0 Å². The number of carbonyl (C=O) groups is 1. The van der Waals surface area contributed by atoms with Crippen LogP contribution in [0.5, 0.6) is 0 Å². The Morgan fingerprint density at radius 3 is 2.36 bits per heavy atom. The third kappa shape index (κ3) is 3.37. The summed E-state index contributed by atoms with van der Waals surface area (Å²) in [5, 5.41) is 0. The molecule has 0 atom stereocenters. The van der Waals surface area contributed by atoms with E-state index in [1.807, 2.05) is 0 Å². The van der Waals surface area contributed by atoms with Gasteiger partial charge in [-0.25, -0.2) is 0 Å². The van der Waals surface area contributed by atoms with Gasteiger partial charge in [-0.15, -0.1) is 0 Å². The highest BCUT2D eigenvalue weighted by Crippen LogP contribution is 2.30. The second-order valence-corrected chi connectivity index (χ2v) is 4.57. The zero-order chi connectivity index (χ0) is 8.27. The zero-order valence-corrected chi connectivity index (χ0v) is 8.56. The molecule has 1 aliphatic rings. The Kier molecular flexibility index (Phi) is 3.57. The Morgan fingerprint density at radius 1 is 1.36 bits per heavy atom. The van der Waals surface area contributed by atoms with Crippen LogP contribution in [-0.2, 0) is 4.79 Å². The highest BCUT2D eigenvalue weighted by atomic mass is 79.9. The van der Waals surface area contributed by atoms with Crippen LogP contribution in [0.3, 0.4) is 0 Å². The number of hydrogen-bond donors (Lipinski definition) is 0. The summed E-state index contributed by atoms with van der Waals surface area (Å²) in [6.07, 6.45) is 5.86. The number of carbonyl (C=O) groups excluding carboxylic acids is 1. The van der Waals surface area contributed by atoms with Gasteiger partial charge in [0.05, 0.1) is 0 Å². The summed E-state index contributed by atoms with van der Waals surface area (Å²) in [7, 11) is 0. The fraction of sp³-hybridized carbons (Fsp3) is 0.889. The van der Waals surface area contributed by atoms with Gasteiger partial charge in [-0.3, -0.25) is 4.79 Å². The molecule has 1 nitrogen and oxygen atoms in total. The van der Waals surface area contributed by atoms with Gasteiger partial charge < -0.3 is 0 Å². The Morgan fingerprint density at radius 2 is 1.91 bits per heavy atom. The molecule has 0 spiro atoms. The molecular formula is C9H15BrO. The molecule has 0 amide bonds. The molecule has 64 valence electrons. The summed E-state index contributed by atoms with van der Waals surface area (Å²) >= 11 is 2.99. The maximum absolute atomic E-state index is 10.7. The topological polar surface area (TPSA) is 17.1 Å². The highest BCUT2D eigenvalue weighted by Gasteiger charge is 2.19. The first-order valence-corrected chi connectivity index (χ1v) is 5.16. The van der Waals surface area contributed by atoms with Crippen LogP contribution in [0.15, 0.2) is 0 Å². The van der Waals surface area contributed by atoms with E-state index in [4.69, 9.17) is 0 Å². The van der Waals surface area contributed by atoms with E-state index in [9.17, 15) is 4.79 Å². The maximum Gasteiger partial charge on any atom is 0.198 e. The third-order valence-electron chi connectivity index (χ3n) is 2.58. The van der Waals surface area contributed by atoms with Gasteiger partial charge in [0.2, 0.25) is 0 Å². The van der Waals surface area contributed by atoms with Gasteiger partial charge in [-0.2, -0.15) is 0 Å². The van der Waals surface area contributed by atoms with E-state index in [2.05, 4.69) is 22.9 Å². The molecule has 1 fully saturated rings. The largest absolute Gasteiger partial charge is 0.287 e. The van der Waals surface area contributed by atoms with Gasteiger partial charge in [0.25, 0.3) is 0 Å². The first-order valence-electron chi connectivity index (χ1n) is 4.37. The predicted molar refractivity (Wildman–Crippen MR) is 49.7 cm³/mol. The molecule has 0 aromatic rings. The lowest BCUT2D eigenvalue weighted by Crippen LogP contribution is -2.13. The van der Waals surface area contributed by atoms with Crippen LogP contribution in [0, 0.1) is 11.8 Å². The van der Waals surface area contributed by atoms with Crippen LogP contribution in [0.4, 0.5) is 0 Å². The quantitative estimate of drug-likeness (QED) is 0.652. The van der Waals surface area contributed by atoms with Crippen molar-refractivity contribution >= 4 is 20.6 Å². The third-order valence-corrected chi connectivity index (χ3v) is 2.91. The van der Waals surface area contributed by atoms with Gasteiger partial charge in [0, 0.05) is 6.42 Å². The molecule has 0 radical (unpaired) electrons. The van der Waals surface area contributed by atoms with Crippen molar-refractivity contribution in [3.63, 3.8) is 0 Å². The van der Waals surface area contributed by atoms with E-state index in [0.717, 1.165) is 12.3 Å². The Labute approximate surface area is 76.7 Å². The van der Waals surface area contributed by atoms with Crippen LogP contribution in [0.2, 0.25) is 0 Å². The molecule has 2 heteroatoms. The lowest BCUT2D eigenvalue weighted by molar-refractivity contribution is -0.111. The summed E-state index contributed by atoms with van der Waals surface area (Å²) in [4.78, 5) is 10.7. The highest BCUT2D eigenvalue weighted by molar-refractivity contribution is 9.18. The summed E-state index contributed by atoms with van der Waals surface area (Å²) < 4.78 is 0.178. The van der Waals surface area contributed by atoms with Crippen molar-refractivity contribution in [1.82, 2.24) is 0 Å². The molecule has 0 saturated heterocycles. The first kappa shape index (κ1) is 9.24. The van der Waals surface area contributed by atoms with Gasteiger partial charge >= 0.3 is 0 Å². The van der Waals surface area contributed by atoms with Crippen LogP contribution in [0.25, 0.3) is 0 Å². The molecule has 1 rings (SSSR count). The molecule has 0 bridgehead atoms. The van der Waals surface area contributed by atoms with Crippen molar-refractivity contribution in [3.05, 3.63) is 0 Å². The number of hydrogen-bond acceptors (Lipinski definition) is 1. The average molecular weight is 219 g/mol. The molecule has 1 aliphatic carbocycles. The Balaban J connectivity index is 2.22. The summed E-state index contributed by atoms with van der Waals surface area (Å²) in [5.74, 6) is 1.55. The fourth-order valence-electron chi connectivity index (χ4n) is 1.76. The second-order valence-electron chi connectivity index (χ2n) is 3.69. The van der Waals surface area contributed by atoms with E-state index in [1.54, 1.807) is 0 Å². The van der Waals surface area contributed by atoms with E-state index >= 15 is 0 Å². The van der Waals surface area contributed by atoms with E-state index in [1.165, 1.54) is 25.7 Å². The fourth-order valence-corrected chi connectivity index (χ4v) is 2.22. The molecule has 11 heavy (non-hydrogen) atoms. The smallest absolute Gasteiger partial charge is 0.198 e. The molecule has 0 heterocycles. The molecule has 1 saturated carbocycles. The minimum atomic E-state index is 0.178. The monoisotopic (exact) mass is 218 g/mol. The molecule has 0 unspecified atom stereocenters. The van der Waals surface area contributed by atoms with Gasteiger partial charge in [-0.1, -0.05) is 19.8 Å². The van der Waals surface area contributed by atoms with Crippen LogP contribution < -0.4 is 0 Å². The van der Waals surface area contributed by atoms with Crippen molar-refractivity contribution in [2.24, 2.45) is 11.8 Å². The number of halogens is 1. The summed E-state index contributed by atoms with van der Waals surface area (Å²) in [6, 6.07) is 0. The van der Waals surface area contributed by atoms with Crippen molar-refractivity contribution < 1.29 is 4.79 Å². The van der Waals surface area contributed by atoms with Gasteiger partial charge in [0.15, 0.2) is 4.69 Å². The van der Waals surface area contributed by atoms with Crippen LogP contribution in [-0.4, -0.2) is 4.69 Å². The Hall–Kier alpha value is 0.150. The first-order chi connectivity index (χ1) is 5.18. The molecule has 0 N–H and O–H groups in total. The molecule has 0 aromatic carbocycles. The Bertz CT molecular complexity index is 136. The van der Waals surface area contributed by atoms with Crippen molar-refractivity contribution in [3.8, 4) is 0 Å². The zero-order valence-electron chi connectivity index (χ0n) is 6.98. The average Bonchev–Trinajstić information content (AvgIpc) is 1.93. The predicted octanol–water partition coefficient (Wildman–Crippen LogP) is 3.12. The van der Waals surface area contributed by atoms with Gasteiger partial charge in [0.1, 0.15) is 0 Å². The van der Waals surface area contributed by atoms with Gasteiger partial charge in [-0.05, 0) is 40.6 Å². The molecular weight excluding hydrogens is 204 g/mol. The van der Waals surface area contributed by atoms with E-state index in [-0.39, 0.29) is 4.69 Å². The minimum Gasteiger partial charge on any atom is -0.287 e. The van der Waals surface area contributed by atoms with Crippen LogP contribution >= 0.6 is 15.9 Å².